The van der Waals surface area contributed by atoms with E-state index in [1.807, 2.05) is 19.9 Å². The predicted octanol–water partition coefficient (Wildman–Crippen LogP) is 5.48. The molecule has 0 saturated carbocycles. The van der Waals surface area contributed by atoms with Gasteiger partial charge in [-0.05, 0) is 60.6 Å². The van der Waals surface area contributed by atoms with Crippen LogP contribution in [-0.2, 0) is 13.9 Å². The molecule has 1 unspecified atom stereocenters. The molecule has 162 valence electrons. The molecule has 0 spiro atoms. The van der Waals surface area contributed by atoms with Gasteiger partial charge in [0, 0.05) is 16.6 Å². The highest BCUT2D eigenvalue weighted by atomic mass is 127. The van der Waals surface area contributed by atoms with Gasteiger partial charge in [-0.3, -0.25) is 0 Å². The van der Waals surface area contributed by atoms with E-state index in [9.17, 15) is 5.11 Å². The zero-order chi connectivity index (χ0) is 22.0. The molecule has 1 N–H and O–H groups in total. The number of rotatable bonds is 7. The van der Waals surface area contributed by atoms with Crippen molar-refractivity contribution in [1.29, 1.82) is 0 Å². The molecule has 0 saturated heterocycles. The molecule has 7 heteroatoms. The highest BCUT2D eigenvalue weighted by Gasteiger charge is 2.53. The summed E-state index contributed by atoms with van der Waals surface area (Å²) in [4.78, 5) is 0. The first-order valence-corrected chi connectivity index (χ1v) is 17.6. The minimum atomic E-state index is -2.13. The third-order valence-corrected chi connectivity index (χ3v) is 12.0. The number of aliphatic hydroxyl groups is 1. The highest BCUT2D eigenvalue weighted by molar-refractivity contribution is 14.1. The fourth-order valence-electron chi connectivity index (χ4n) is 2.68. The van der Waals surface area contributed by atoms with Crippen LogP contribution in [0.3, 0.4) is 0 Å². The van der Waals surface area contributed by atoms with Crippen molar-refractivity contribution in [3.8, 4) is 11.5 Å². The molecular weight excluding hydrogens is 499 g/mol. The lowest BCUT2D eigenvalue weighted by atomic mass is 9.96. The third-order valence-electron chi connectivity index (χ3n) is 5.29. The second-order valence-corrected chi connectivity index (χ2v) is 20.8. The van der Waals surface area contributed by atoms with Gasteiger partial charge in [0.1, 0.15) is 25.9 Å². The van der Waals surface area contributed by atoms with E-state index in [0.717, 1.165) is 3.58 Å². The number of ether oxygens (including phenoxy) is 2. The van der Waals surface area contributed by atoms with Crippen LogP contribution in [0.1, 0.15) is 41.0 Å². The summed E-state index contributed by atoms with van der Waals surface area (Å²) in [6.45, 7) is 22.0. The molecule has 0 heterocycles. The summed E-state index contributed by atoms with van der Waals surface area (Å²) in [6.07, 6.45) is 1.12. The second-order valence-electron chi connectivity index (χ2n) is 10.1. The van der Waals surface area contributed by atoms with Crippen molar-refractivity contribution in [2.75, 3.05) is 6.61 Å². The molecule has 0 bridgehead atoms. The summed E-state index contributed by atoms with van der Waals surface area (Å²) < 4.78 is 19.3. The van der Waals surface area contributed by atoms with Crippen LogP contribution in [0.5, 0.6) is 0 Å². The Kier molecular flexibility index (Phi) is 9.05. The highest BCUT2D eigenvalue weighted by Crippen LogP contribution is 2.46. The van der Waals surface area contributed by atoms with Gasteiger partial charge in [-0.25, -0.2) is 0 Å². The van der Waals surface area contributed by atoms with Crippen molar-refractivity contribution in [2.24, 2.45) is 0 Å². The largest absolute Gasteiger partial charge is 0.408 e. The first kappa shape index (κ1) is 26.3. The maximum Gasteiger partial charge on any atom is 0.192 e. The van der Waals surface area contributed by atoms with Gasteiger partial charge in [0.15, 0.2) is 14.6 Å². The summed E-state index contributed by atoms with van der Waals surface area (Å²) in [5, 5.41) is 11.7. The summed E-state index contributed by atoms with van der Waals surface area (Å²) in [5.41, 5.74) is 2.22. The Balaban J connectivity index is 3.23. The van der Waals surface area contributed by atoms with Crippen molar-refractivity contribution in [1.82, 2.24) is 0 Å². The normalized spacial score (nSPS) is 27.2. The topological polar surface area (TPSA) is 47.9 Å². The zero-order valence-corrected chi connectivity index (χ0v) is 23.4. The van der Waals surface area contributed by atoms with Crippen molar-refractivity contribution >= 4 is 39.0 Å². The molecule has 0 fully saturated rings. The Morgan fingerprint density at radius 2 is 1.82 bits per heavy atom. The van der Waals surface area contributed by atoms with Gasteiger partial charge in [0.05, 0.1) is 0 Å². The van der Waals surface area contributed by atoms with Gasteiger partial charge < -0.3 is 19.0 Å². The van der Waals surface area contributed by atoms with E-state index in [2.05, 4.69) is 87.6 Å². The van der Waals surface area contributed by atoms with Crippen LogP contribution in [0, 0.1) is 11.5 Å². The zero-order valence-electron chi connectivity index (χ0n) is 19.3. The lowest BCUT2D eigenvalue weighted by molar-refractivity contribution is -0.179. The molecule has 0 aliphatic heterocycles. The quantitative estimate of drug-likeness (QED) is 0.202. The molecule has 0 aromatic carbocycles. The maximum absolute atomic E-state index is 11.7. The average molecular weight is 539 g/mol. The van der Waals surface area contributed by atoms with Crippen LogP contribution < -0.4 is 0 Å². The smallest absolute Gasteiger partial charge is 0.192 e. The minimum absolute atomic E-state index is 0.0298. The Morgan fingerprint density at radius 3 is 2.29 bits per heavy atom. The van der Waals surface area contributed by atoms with Crippen molar-refractivity contribution in [3.05, 3.63) is 9.66 Å². The molecular formula is C21H39IO4Si2. The van der Waals surface area contributed by atoms with Gasteiger partial charge in [0.25, 0.3) is 0 Å². The predicted molar refractivity (Wildman–Crippen MR) is 131 cm³/mol. The molecule has 1 aliphatic carbocycles. The molecule has 0 amide bonds. The monoisotopic (exact) mass is 538 g/mol. The van der Waals surface area contributed by atoms with Crippen LogP contribution >= 0.6 is 22.6 Å². The second kappa shape index (κ2) is 9.62. The van der Waals surface area contributed by atoms with Crippen LogP contribution in [-0.4, -0.2) is 52.2 Å². The van der Waals surface area contributed by atoms with Gasteiger partial charge in [-0.15, -0.1) is 11.5 Å². The molecule has 0 radical (unpaired) electrons. The fourth-order valence-corrected chi connectivity index (χ4v) is 5.47. The summed E-state index contributed by atoms with van der Waals surface area (Å²) >= 11 is 2.21. The van der Waals surface area contributed by atoms with Gasteiger partial charge in [-0.2, -0.15) is 0 Å². The summed E-state index contributed by atoms with van der Waals surface area (Å²) in [7, 11) is -3.65. The van der Waals surface area contributed by atoms with E-state index in [1.54, 1.807) is 0 Å². The Morgan fingerprint density at radius 1 is 1.25 bits per heavy atom. The van der Waals surface area contributed by atoms with E-state index in [0.29, 0.717) is 13.0 Å². The number of hydrogen-bond acceptors (Lipinski definition) is 4. The van der Waals surface area contributed by atoms with Crippen LogP contribution in [0.4, 0.5) is 0 Å². The summed E-state index contributed by atoms with van der Waals surface area (Å²) in [6, 6.07) is 0. The van der Waals surface area contributed by atoms with E-state index in [1.165, 1.54) is 0 Å². The lowest BCUT2D eigenvalue weighted by Gasteiger charge is -2.43. The van der Waals surface area contributed by atoms with Crippen molar-refractivity contribution in [3.63, 3.8) is 0 Å². The number of halogens is 1. The van der Waals surface area contributed by atoms with Crippen molar-refractivity contribution < 1.29 is 19.0 Å². The van der Waals surface area contributed by atoms with E-state index in [4.69, 9.17) is 13.9 Å². The fraction of sp³-hybridized carbons (Fsp3) is 0.810. The van der Waals surface area contributed by atoms with Gasteiger partial charge in [-0.1, -0.05) is 40.4 Å². The lowest BCUT2D eigenvalue weighted by Crippen LogP contribution is -2.55. The summed E-state index contributed by atoms with van der Waals surface area (Å²) in [5.74, 6) is 3.26. The standard InChI is InChI=1S/C21H39IO4Si2/c1-11-24-16(2)25-17-15-18(22)21(23,13-12-14-27(6,7)8)19(17)26-28(9,10)20(3,4)5/h15-17,19,23H,11,13H2,1-10H3/t16?,17-,19+,21+/m1/s1. The van der Waals surface area contributed by atoms with Crippen LogP contribution in [0.15, 0.2) is 9.66 Å². The van der Waals surface area contributed by atoms with Crippen molar-refractivity contribution in [2.45, 2.75) is 103 Å². The Bertz CT molecular complexity index is 625. The average Bonchev–Trinajstić information content (AvgIpc) is 2.69. The molecule has 4 atom stereocenters. The molecule has 0 aromatic heterocycles. The van der Waals surface area contributed by atoms with Gasteiger partial charge in [0.2, 0.25) is 0 Å². The van der Waals surface area contributed by atoms with E-state index in [-0.39, 0.29) is 17.4 Å². The molecule has 4 nitrogen and oxygen atoms in total. The Labute approximate surface area is 188 Å². The minimum Gasteiger partial charge on any atom is -0.408 e. The van der Waals surface area contributed by atoms with Crippen LogP contribution in [0.2, 0.25) is 37.8 Å². The van der Waals surface area contributed by atoms with Gasteiger partial charge >= 0.3 is 0 Å². The molecule has 0 aromatic rings. The molecule has 28 heavy (non-hydrogen) atoms. The maximum atomic E-state index is 11.7. The van der Waals surface area contributed by atoms with Crippen LogP contribution in [0.25, 0.3) is 0 Å². The molecule has 1 rings (SSSR count). The number of hydrogen-bond donors (Lipinski definition) is 1. The first-order valence-electron chi connectivity index (χ1n) is 10.1. The SMILES string of the molecule is CCOC(C)O[C@@H]1C=C(I)[C@@](O)(CC#C[Si](C)(C)C)[C@H]1O[Si](C)(C)C(C)(C)C. The third kappa shape index (κ3) is 6.93. The first-order chi connectivity index (χ1) is 12.5. The molecule has 1 aliphatic rings. The van der Waals surface area contributed by atoms with E-state index < -0.39 is 28.1 Å². The van der Waals surface area contributed by atoms with E-state index >= 15 is 0 Å². The Hall–Kier alpha value is 0.304.